The van der Waals surface area contributed by atoms with Gasteiger partial charge in [-0.2, -0.15) is 0 Å². The van der Waals surface area contributed by atoms with Gasteiger partial charge in [-0.15, -0.1) is 0 Å². The number of nitrogens with two attached hydrogens (primary N) is 1. The first-order valence-corrected chi connectivity index (χ1v) is 6.89. The molecule has 0 heterocycles. The van der Waals surface area contributed by atoms with Crippen LogP contribution in [0.2, 0.25) is 0 Å². The number of sulfone groups is 1. The summed E-state index contributed by atoms with van der Waals surface area (Å²) in [6.07, 6.45) is 1.32. The standard InChI is InChI=1S/C11H15NO4S/c1-7-5-9(17(2,15)16)4-3-8(7)6-10(12)11(13)14/h3-5,10H,6,12H2,1-2H3,(H,13,14). The summed E-state index contributed by atoms with van der Waals surface area (Å²) in [4.78, 5) is 10.8. The van der Waals surface area contributed by atoms with E-state index in [4.69, 9.17) is 10.8 Å². The van der Waals surface area contributed by atoms with Gasteiger partial charge in [0.05, 0.1) is 4.90 Å². The number of carboxylic acids is 1. The summed E-state index contributed by atoms with van der Waals surface area (Å²) in [6.45, 7) is 1.73. The molecule has 0 radical (unpaired) electrons. The largest absolute Gasteiger partial charge is 0.480 e. The molecular weight excluding hydrogens is 242 g/mol. The third-order valence-electron chi connectivity index (χ3n) is 2.50. The van der Waals surface area contributed by atoms with Crippen molar-refractivity contribution >= 4 is 15.8 Å². The van der Waals surface area contributed by atoms with Gasteiger partial charge in [0.15, 0.2) is 9.84 Å². The predicted octanol–water partition coefficient (Wildman–Crippen LogP) is 0.353. The van der Waals surface area contributed by atoms with Crippen molar-refractivity contribution in [2.45, 2.75) is 24.3 Å². The maximum atomic E-state index is 11.3. The van der Waals surface area contributed by atoms with Gasteiger partial charge in [0.25, 0.3) is 0 Å². The van der Waals surface area contributed by atoms with Gasteiger partial charge in [-0.1, -0.05) is 6.07 Å². The molecule has 3 N–H and O–H groups in total. The summed E-state index contributed by atoms with van der Waals surface area (Å²) in [5.41, 5.74) is 6.89. The minimum absolute atomic E-state index is 0.186. The fourth-order valence-corrected chi connectivity index (χ4v) is 2.16. The Balaban J connectivity index is 3.03. The van der Waals surface area contributed by atoms with Crippen LogP contribution in [-0.2, 0) is 21.1 Å². The molecular formula is C11H15NO4S. The summed E-state index contributed by atoms with van der Waals surface area (Å²) < 4.78 is 22.6. The van der Waals surface area contributed by atoms with Crippen molar-refractivity contribution in [3.63, 3.8) is 0 Å². The summed E-state index contributed by atoms with van der Waals surface area (Å²) in [6, 6.07) is 3.62. The van der Waals surface area contributed by atoms with Crippen LogP contribution in [0.3, 0.4) is 0 Å². The van der Waals surface area contributed by atoms with E-state index in [2.05, 4.69) is 0 Å². The first-order chi connectivity index (χ1) is 7.71. The van der Waals surface area contributed by atoms with E-state index in [1.165, 1.54) is 12.1 Å². The second-order valence-electron chi connectivity index (χ2n) is 4.01. The first-order valence-electron chi connectivity index (χ1n) is 5.00. The van der Waals surface area contributed by atoms with Crippen LogP contribution < -0.4 is 5.73 Å². The van der Waals surface area contributed by atoms with Gasteiger partial charge < -0.3 is 10.8 Å². The van der Waals surface area contributed by atoms with Crippen LogP contribution >= 0.6 is 0 Å². The van der Waals surface area contributed by atoms with Crippen LogP contribution in [-0.4, -0.2) is 31.8 Å². The highest BCUT2D eigenvalue weighted by Gasteiger charge is 2.15. The topological polar surface area (TPSA) is 97.5 Å². The predicted molar refractivity (Wildman–Crippen MR) is 63.6 cm³/mol. The zero-order valence-electron chi connectivity index (χ0n) is 9.67. The van der Waals surface area contributed by atoms with Crippen molar-refractivity contribution in [3.8, 4) is 0 Å². The number of hydrogen-bond donors (Lipinski definition) is 2. The molecule has 0 amide bonds. The molecule has 1 aromatic carbocycles. The molecule has 1 unspecified atom stereocenters. The molecule has 0 aliphatic carbocycles. The summed E-state index contributed by atoms with van der Waals surface area (Å²) in [5, 5.41) is 8.70. The lowest BCUT2D eigenvalue weighted by Crippen LogP contribution is -2.32. The molecule has 0 bridgehead atoms. The maximum Gasteiger partial charge on any atom is 0.320 e. The van der Waals surface area contributed by atoms with E-state index in [0.29, 0.717) is 0 Å². The Hall–Kier alpha value is -1.40. The first kappa shape index (κ1) is 13.7. The van der Waals surface area contributed by atoms with Crippen molar-refractivity contribution < 1.29 is 18.3 Å². The number of rotatable bonds is 4. The van der Waals surface area contributed by atoms with Crippen LogP contribution in [0, 0.1) is 6.92 Å². The minimum Gasteiger partial charge on any atom is -0.480 e. The number of hydrogen-bond acceptors (Lipinski definition) is 4. The number of carboxylic acid groups (broad SMARTS) is 1. The molecule has 0 aromatic heterocycles. The van der Waals surface area contributed by atoms with E-state index in [1.807, 2.05) is 0 Å². The fraction of sp³-hybridized carbons (Fsp3) is 0.364. The summed E-state index contributed by atoms with van der Waals surface area (Å²) in [7, 11) is -3.23. The van der Waals surface area contributed by atoms with E-state index in [-0.39, 0.29) is 11.3 Å². The smallest absolute Gasteiger partial charge is 0.320 e. The molecule has 0 saturated carbocycles. The van der Waals surface area contributed by atoms with Crippen LogP contribution in [0.5, 0.6) is 0 Å². The molecule has 5 nitrogen and oxygen atoms in total. The van der Waals surface area contributed by atoms with Gasteiger partial charge in [0, 0.05) is 6.26 Å². The average molecular weight is 257 g/mol. The molecule has 0 fully saturated rings. The van der Waals surface area contributed by atoms with E-state index in [9.17, 15) is 13.2 Å². The van der Waals surface area contributed by atoms with Crippen LogP contribution in [0.25, 0.3) is 0 Å². The van der Waals surface area contributed by atoms with Crippen molar-refractivity contribution in [1.82, 2.24) is 0 Å². The second kappa shape index (κ2) is 4.85. The molecule has 0 aliphatic rings. The van der Waals surface area contributed by atoms with Crippen molar-refractivity contribution in [1.29, 1.82) is 0 Å². The van der Waals surface area contributed by atoms with E-state index in [0.717, 1.165) is 17.4 Å². The Morgan fingerprint density at radius 2 is 2.06 bits per heavy atom. The normalized spacial score (nSPS) is 13.4. The summed E-state index contributed by atoms with van der Waals surface area (Å²) in [5.74, 6) is -1.07. The van der Waals surface area contributed by atoms with Crippen LogP contribution in [0.15, 0.2) is 23.1 Å². The molecule has 17 heavy (non-hydrogen) atoms. The molecule has 94 valence electrons. The number of aliphatic carboxylic acids is 1. The van der Waals surface area contributed by atoms with E-state index in [1.54, 1.807) is 13.0 Å². The average Bonchev–Trinajstić information content (AvgIpc) is 2.19. The van der Waals surface area contributed by atoms with Crippen LogP contribution in [0.1, 0.15) is 11.1 Å². The Morgan fingerprint density at radius 1 is 1.47 bits per heavy atom. The van der Waals surface area contributed by atoms with Crippen molar-refractivity contribution in [2.75, 3.05) is 6.26 Å². The number of carbonyl (C=O) groups is 1. The highest BCUT2D eigenvalue weighted by Crippen LogP contribution is 2.16. The van der Waals surface area contributed by atoms with Gasteiger partial charge in [-0.3, -0.25) is 4.79 Å². The third kappa shape index (κ3) is 3.54. The lowest BCUT2D eigenvalue weighted by Gasteiger charge is -2.10. The quantitative estimate of drug-likeness (QED) is 0.811. The molecule has 1 atom stereocenters. The molecule has 1 aromatic rings. The lowest BCUT2D eigenvalue weighted by atomic mass is 10.0. The van der Waals surface area contributed by atoms with Crippen molar-refractivity contribution in [3.05, 3.63) is 29.3 Å². The molecule has 1 rings (SSSR count). The van der Waals surface area contributed by atoms with E-state index < -0.39 is 21.8 Å². The Morgan fingerprint density at radius 3 is 2.47 bits per heavy atom. The number of aryl methyl sites for hydroxylation is 1. The molecule has 0 saturated heterocycles. The second-order valence-corrected chi connectivity index (χ2v) is 6.03. The number of benzene rings is 1. The monoisotopic (exact) mass is 257 g/mol. The van der Waals surface area contributed by atoms with Gasteiger partial charge in [-0.05, 0) is 36.6 Å². The van der Waals surface area contributed by atoms with Gasteiger partial charge >= 0.3 is 5.97 Å². The van der Waals surface area contributed by atoms with Gasteiger partial charge in [0.1, 0.15) is 6.04 Å². The highest BCUT2D eigenvalue weighted by atomic mass is 32.2. The summed E-state index contributed by atoms with van der Waals surface area (Å²) >= 11 is 0. The zero-order valence-corrected chi connectivity index (χ0v) is 10.5. The molecule has 0 spiro atoms. The molecule has 6 heteroatoms. The highest BCUT2D eigenvalue weighted by molar-refractivity contribution is 7.90. The molecule has 0 aliphatic heterocycles. The lowest BCUT2D eigenvalue weighted by molar-refractivity contribution is -0.138. The van der Waals surface area contributed by atoms with Crippen LogP contribution in [0.4, 0.5) is 0 Å². The Kier molecular flexibility index (Phi) is 3.90. The van der Waals surface area contributed by atoms with Gasteiger partial charge in [0.2, 0.25) is 0 Å². The minimum atomic E-state index is -3.23. The zero-order chi connectivity index (χ0) is 13.2. The maximum absolute atomic E-state index is 11.3. The Labute approximate surface area is 100 Å². The van der Waals surface area contributed by atoms with Crippen molar-refractivity contribution in [2.24, 2.45) is 5.73 Å². The SMILES string of the molecule is Cc1cc(S(C)(=O)=O)ccc1CC(N)C(=O)O. The third-order valence-corrected chi connectivity index (χ3v) is 3.61. The Bertz CT molecular complexity index is 536. The van der Waals surface area contributed by atoms with Gasteiger partial charge in [-0.25, -0.2) is 8.42 Å². The van der Waals surface area contributed by atoms with E-state index >= 15 is 0 Å². The fourth-order valence-electron chi connectivity index (χ4n) is 1.45.